The van der Waals surface area contributed by atoms with E-state index >= 15 is 0 Å². The van der Waals surface area contributed by atoms with Gasteiger partial charge in [-0.15, -0.1) is 0 Å². The molecule has 0 saturated carbocycles. The molecule has 0 bridgehead atoms. The zero-order chi connectivity index (χ0) is 9.35. The number of anilines is 1. The average Bonchev–Trinajstić information content (AvgIpc) is 2.32. The maximum Gasteiger partial charge on any atom is 0.409 e. The molecule has 0 unspecified atom stereocenters. The van der Waals surface area contributed by atoms with Crippen molar-refractivity contribution in [3.05, 3.63) is 17.8 Å². The molecule has 5 N–H and O–H groups in total. The highest BCUT2D eigenvalue weighted by molar-refractivity contribution is 5.32. The smallest absolute Gasteiger partial charge is 0.385 e. The molecule has 0 aliphatic rings. The first-order valence-electron chi connectivity index (χ1n) is 3.18. The Morgan fingerprint density at radius 1 is 1.33 bits per heavy atom. The van der Waals surface area contributed by atoms with Crippen LogP contribution >= 0.6 is 0 Å². The zero-order valence-corrected chi connectivity index (χ0v) is 6.02. The Morgan fingerprint density at radius 3 is 2.25 bits per heavy atom. The van der Waals surface area contributed by atoms with Crippen molar-refractivity contribution in [2.45, 2.75) is 12.2 Å². The number of nitrogens with one attached hydrogen (secondary N) is 1. The normalized spacial score (nSPS) is 14.7. The van der Waals surface area contributed by atoms with Crippen LogP contribution < -0.4 is 11.5 Å². The van der Waals surface area contributed by atoms with Gasteiger partial charge in [0.15, 0.2) is 0 Å². The number of nitrogens with two attached hydrogens (primary N) is 2. The van der Waals surface area contributed by atoms with Crippen LogP contribution in [0.3, 0.4) is 0 Å². The second-order valence-electron chi connectivity index (χ2n) is 2.39. The summed E-state index contributed by atoms with van der Waals surface area (Å²) in [6.45, 7) is 0. The molecule has 1 aromatic rings. The number of rotatable bonds is 1. The monoisotopic (exact) mass is 179 g/mol. The van der Waals surface area contributed by atoms with Gasteiger partial charge in [-0.05, 0) is 12.1 Å². The molecular weight excluding hydrogens is 171 g/mol. The number of H-pyrrole nitrogens is 1. The van der Waals surface area contributed by atoms with Gasteiger partial charge in [0.1, 0.15) is 11.9 Å². The third kappa shape index (κ3) is 1.70. The van der Waals surface area contributed by atoms with E-state index in [1.165, 1.54) is 12.1 Å². The largest absolute Gasteiger partial charge is 0.409 e. The van der Waals surface area contributed by atoms with Crippen LogP contribution in [0.4, 0.5) is 19.0 Å². The van der Waals surface area contributed by atoms with Crippen molar-refractivity contribution in [3.63, 3.8) is 0 Å². The Labute approximate surface area is 66.5 Å². The van der Waals surface area contributed by atoms with Gasteiger partial charge in [-0.2, -0.15) is 13.2 Å². The van der Waals surface area contributed by atoms with Gasteiger partial charge < -0.3 is 16.5 Å². The van der Waals surface area contributed by atoms with Crippen LogP contribution in [0.15, 0.2) is 12.1 Å². The minimum Gasteiger partial charge on any atom is -0.385 e. The SMILES string of the molecule is Nc1ccc([C@@H](N)C(F)(F)F)[nH]1. The summed E-state index contributed by atoms with van der Waals surface area (Å²) in [5.41, 5.74) is 9.93. The van der Waals surface area contributed by atoms with Gasteiger partial charge in [-0.1, -0.05) is 0 Å². The van der Waals surface area contributed by atoms with Crippen molar-refractivity contribution in [2.75, 3.05) is 5.73 Å². The number of alkyl halides is 3. The molecule has 1 atom stereocenters. The van der Waals surface area contributed by atoms with Gasteiger partial charge >= 0.3 is 6.18 Å². The van der Waals surface area contributed by atoms with E-state index in [0.717, 1.165) is 0 Å². The molecule has 0 aliphatic carbocycles. The van der Waals surface area contributed by atoms with Gasteiger partial charge in [0.25, 0.3) is 0 Å². The van der Waals surface area contributed by atoms with E-state index in [-0.39, 0.29) is 11.5 Å². The summed E-state index contributed by atoms with van der Waals surface area (Å²) in [5, 5.41) is 0. The molecule has 6 heteroatoms. The fraction of sp³-hybridized carbons (Fsp3) is 0.333. The molecule has 0 fully saturated rings. The van der Waals surface area contributed by atoms with Gasteiger partial charge in [0.2, 0.25) is 0 Å². The van der Waals surface area contributed by atoms with E-state index in [2.05, 4.69) is 4.98 Å². The van der Waals surface area contributed by atoms with Crippen LogP contribution in [0.2, 0.25) is 0 Å². The van der Waals surface area contributed by atoms with E-state index in [1.807, 2.05) is 0 Å². The molecule has 68 valence electrons. The molecule has 1 aromatic heterocycles. The quantitative estimate of drug-likeness (QED) is 0.605. The lowest BCUT2D eigenvalue weighted by Crippen LogP contribution is -2.28. The van der Waals surface area contributed by atoms with E-state index in [0.29, 0.717) is 0 Å². The molecule has 1 heterocycles. The van der Waals surface area contributed by atoms with Crippen molar-refractivity contribution >= 4 is 5.82 Å². The molecule has 0 spiro atoms. The molecule has 0 radical (unpaired) electrons. The third-order valence-electron chi connectivity index (χ3n) is 1.42. The minimum atomic E-state index is -4.43. The molecule has 0 amide bonds. The van der Waals surface area contributed by atoms with Crippen LogP contribution in [-0.4, -0.2) is 11.2 Å². The second kappa shape index (κ2) is 2.71. The average molecular weight is 179 g/mol. The van der Waals surface area contributed by atoms with Crippen molar-refractivity contribution in [3.8, 4) is 0 Å². The first-order valence-corrected chi connectivity index (χ1v) is 3.18. The number of hydrogen-bond donors (Lipinski definition) is 3. The van der Waals surface area contributed by atoms with Gasteiger partial charge in [-0.25, -0.2) is 0 Å². The topological polar surface area (TPSA) is 67.8 Å². The van der Waals surface area contributed by atoms with Gasteiger partial charge in [0.05, 0.1) is 0 Å². The highest BCUT2D eigenvalue weighted by Gasteiger charge is 2.38. The first kappa shape index (κ1) is 8.92. The predicted octanol–water partition coefficient (Wildman–Crippen LogP) is 1.16. The van der Waals surface area contributed by atoms with Crippen LogP contribution in [0.5, 0.6) is 0 Å². The molecule has 12 heavy (non-hydrogen) atoms. The van der Waals surface area contributed by atoms with Gasteiger partial charge in [-0.3, -0.25) is 0 Å². The van der Waals surface area contributed by atoms with Crippen LogP contribution in [0, 0.1) is 0 Å². The predicted molar refractivity (Wildman–Crippen MR) is 38.2 cm³/mol. The second-order valence-corrected chi connectivity index (χ2v) is 2.39. The minimum absolute atomic E-state index is 0.125. The van der Waals surface area contributed by atoms with E-state index < -0.39 is 12.2 Å². The van der Waals surface area contributed by atoms with E-state index in [1.54, 1.807) is 0 Å². The highest BCUT2D eigenvalue weighted by atomic mass is 19.4. The van der Waals surface area contributed by atoms with Crippen LogP contribution in [0.25, 0.3) is 0 Å². The lowest BCUT2D eigenvalue weighted by Gasteiger charge is -2.13. The van der Waals surface area contributed by atoms with E-state index in [4.69, 9.17) is 11.5 Å². The Balaban J connectivity index is 2.85. The number of hydrogen-bond acceptors (Lipinski definition) is 2. The fourth-order valence-electron chi connectivity index (χ4n) is 0.787. The number of aromatic amines is 1. The summed E-state index contributed by atoms with van der Waals surface area (Å²) in [6, 6.07) is 0.559. The summed E-state index contributed by atoms with van der Waals surface area (Å²) >= 11 is 0. The van der Waals surface area contributed by atoms with Crippen LogP contribution in [-0.2, 0) is 0 Å². The maximum absolute atomic E-state index is 12.0. The highest BCUT2D eigenvalue weighted by Crippen LogP contribution is 2.29. The summed E-state index contributed by atoms with van der Waals surface area (Å²) in [4.78, 5) is 2.32. The van der Waals surface area contributed by atoms with Crippen molar-refractivity contribution in [1.82, 2.24) is 4.98 Å². The third-order valence-corrected chi connectivity index (χ3v) is 1.42. The molecule has 3 nitrogen and oxygen atoms in total. The molecule has 1 rings (SSSR count). The Kier molecular flexibility index (Phi) is 2.01. The van der Waals surface area contributed by atoms with E-state index in [9.17, 15) is 13.2 Å². The van der Waals surface area contributed by atoms with Crippen molar-refractivity contribution in [2.24, 2.45) is 5.73 Å². The Bertz CT molecular complexity index is 265. The molecular formula is C6H8F3N3. The van der Waals surface area contributed by atoms with Crippen molar-refractivity contribution < 1.29 is 13.2 Å². The fourth-order valence-corrected chi connectivity index (χ4v) is 0.787. The number of halogens is 3. The number of nitrogen functional groups attached to an aromatic ring is 1. The summed E-state index contributed by atoms with van der Waals surface area (Å²) in [7, 11) is 0. The molecule has 0 aliphatic heterocycles. The van der Waals surface area contributed by atoms with Crippen LogP contribution in [0.1, 0.15) is 11.7 Å². The Morgan fingerprint density at radius 2 is 1.92 bits per heavy atom. The molecule has 0 aromatic carbocycles. The zero-order valence-electron chi connectivity index (χ0n) is 6.02. The lowest BCUT2D eigenvalue weighted by atomic mass is 10.2. The summed E-state index contributed by atoms with van der Waals surface area (Å²) in [5.74, 6) is 0.171. The van der Waals surface area contributed by atoms with Gasteiger partial charge in [0, 0.05) is 5.69 Å². The molecule has 0 saturated heterocycles. The summed E-state index contributed by atoms with van der Waals surface area (Å²) in [6.07, 6.45) is -4.43. The van der Waals surface area contributed by atoms with Crippen molar-refractivity contribution in [1.29, 1.82) is 0 Å². The summed E-state index contributed by atoms with van der Waals surface area (Å²) < 4.78 is 35.9. The number of aromatic nitrogens is 1. The maximum atomic E-state index is 12.0. The standard InChI is InChI=1S/C6H8F3N3/c7-6(8,9)5(11)3-1-2-4(10)12-3/h1-2,5,12H,10-11H2/t5-/m1/s1. The lowest BCUT2D eigenvalue weighted by molar-refractivity contribution is -0.149. The Hall–Kier alpha value is -1.17. The first-order chi connectivity index (χ1) is 5.41.